The van der Waals surface area contributed by atoms with E-state index in [1.807, 2.05) is 16.9 Å². The molecule has 4 heteroatoms. The zero-order chi connectivity index (χ0) is 15.7. The third-order valence-electron chi connectivity index (χ3n) is 3.54. The standard InChI is InChI=1S/C18H26N2P.Pd/c1-17(2,3)21(18(4,5)6)14-15-9-7-10-16(13-15)20-12-8-11-19-20;/h7-12H,14H2,1-6H3;/q-1;. The normalized spacial score (nSPS) is 12.3. The number of rotatable bonds is 3. The van der Waals surface area contributed by atoms with E-state index < -0.39 is 0 Å². The number of hydrogen-bond acceptors (Lipinski definition) is 1. The van der Waals surface area contributed by atoms with Crippen LogP contribution in [0.5, 0.6) is 0 Å². The summed E-state index contributed by atoms with van der Waals surface area (Å²) in [6.07, 6.45) is 4.88. The molecule has 0 saturated heterocycles. The van der Waals surface area contributed by atoms with Gasteiger partial charge in [0, 0.05) is 32.8 Å². The van der Waals surface area contributed by atoms with Gasteiger partial charge in [-0.3, -0.25) is 4.68 Å². The monoisotopic (exact) mass is 407 g/mol. The maximum absolute atomic E-state index is 4.29. The Morgan fingerprint density at radius 3 is 2.18 bits per heavy atom. The van der Waals surface area contributed by atoms with Gasteiger partial charge in [-0.05, 0) is 28.2 Å². The van der Waals surface area contributed by atoms with E-state index in [2.05, 4.69) is 70.9 Å². The molecule has 2 aromatic rings. The fraction of sp³-hybridized carbons (Fsp3) is 0.500. The molecule has 2 nitrogen and oxygen atoms in total. The van der Waals surface area contributed by atoms with Crippen LogP contribution < -0.4 is 0 Å². The first-order valence-corrected chi connectivity index (χ1v) is 8.99. The second-order valence-electron chi connectivity index (χ2n) is 7.44. The Morgan fingerprint density at radius 1 is 1.05 bits per heavy atom. The number of nitrogens with zero attached hydrogens (tertiary/aromatic N) is 2. The second-order valence-corrected chi connectivity index (χ2v) is 11.3. The van der Waals surface area contributed by atoms with Gasteiger partial charge >= 0.3 is 0 Å². The Balaban J connectivity index is 0.00000242. The summed E-state index contributed by atoms with van der Waals surface area (Å²) in [6, 6.07) is 11.8. The smallest absolute Gasteiger partial charge is 0.0493 e. The largest absolute Gasteiger partial charge is 0.266 e. The molecule has 1 heterocycles. The van der Waals surface area contributed by atoms with Gasteiger partial charge in [0.05, 0.1) is 0 Å². The van der Waals surface area contributed by atoms with Crippen LogP contribution in [0.25, 0.3) is 5.69 Å². The minimum absolute atomic E-state index is 0. The van der Waals surface area contributed by atoms with Crippen LogP contribution in [-0.2, 0) is 26.6 Å². The number of hydrogen-bond donors (Lipinski definition) is 0. The topological polar surface area (TPSA) is 17.8 Å². The van der Waals surface area contributed by atoms with Crippen molar-refractivity contribution in [2.45, 2.75) is 58.0 Å². The van der Waals surface area contributed by atoms with Crippen LogP contribution in [0.15, 0.2) is 36.7 Å². The van der Waals surface area contributed by atoms with Gasteiger partial charge in [-0.15, -0.1) is 6.07 Å². The quantitative estimate of drug-likeness (QED) is 0.386. The third-order valence-corrected chi connectivity index (χ3v) is 7.44. The summed E-state index contributed by atoms with van der Waals surface area (Å²) in [5.41, 5.74) is 2.31. The van der Waals surface area contributed by atoms with E-state index in [1.165, 1.54) is 5.56 Å². The number of benzene rings is 1. The molecule has 0 fully saturated rings. The molecule has 0 spiro atoms. The van der Waals surface area contributed by atoms with Crippen LogP contribution in [0, 0.1) is 6.07 Å². The van der Waals surface area contributed by atoms with Crippen molar-refractivity contribution in [2.75, 3.05) is 0 Å². The predicted molar refractivity (Wildman–Crippen MR) is 92.5 cm³/mol. The predicted octanol–water partition coefficient (Wildman–Crippen LogP) is 5.25. The molecule has 0 aliphatic rings. The summed E-state index contributed by atoms with van der Waals surface area (Å²) >= 11 is 0. The molecule has 0 amide bonds. The van der Waals surface area contributed by atoms with Crippen LogP contribution in [0.3, 0.4) is 0 Å². The summed E-state index contributed by atoms with van der Waals surface area (Å²) < 4.78 is 1.87. The van der Waals surface area contributed by atoms with Gasteiger partial charge in [-0.25, -0.2) is 0 Å². The van der Waals surface area contributed by atoms with Crippen LogP contribution in [0.4, 0.5) is 0 Å². The van der Waals surface area contributed by atoms with Gasteiger partial charge in [0.15, 0.2) is 0 Å². The zero-order valence-corrected chi connectivity index (χ0v) is 16.8. The molecular formula is C18H26N2PPd-. The Labute approximate surface area is 150 Å². The Hall–Kier alpha value is -0.478. The zero-order valence-electron chi connectivity index (χ0n) is 14.3. The molecule has 0 radical (unpaired) electrons. The maximum Gasteiger partial charge on any atom is 0.0493 e. The van der Waals surface area contributed by atoms with Gasteiger partial charge in [0.1, 0.15) is 0 Å². The van der Waals surface area contributed by atoms with E-state index >= 15 is 0 Å². The average Bonchev–Trinajstić information content (AvgIpc) is 2.87. The van der Waals surface area contributed by atoms with Crippen molar-refractivity contribution in [1.82, 2.24) is 9.78 Å². The van der Waals surface area contributed by atoms with E-state index in [1.54, 1.807) is 6.20 Å². The summed E-state index contributed by atoms with van der Waals surface area (Å²) in [7, 11) is -0.150. The van der Waals surface area contributed by atoms with E-state index in [0.29, 0.717) is 10.3 Å². The van der Waals surface area contributed by atoms with Crippen LogP contribution >= 0.6 is 7.92 Å². The molecule has 0 saturated carbocycles. The van der Waals surface area contributed by atoms with Gasteiger partial charge in [-0.1, -0.05) is 49.5 Å². The molecule has 0 atom stereocenters. The average molecular weight is 408 g/mol. The van der Waals surface area contributed by atoms with Crippen molar-refractivity contribution < 1.29 is 20.4 Å². The third kappa shape index (κ3) is 5.02. The summed E-state index contributed by atoms with van der Waals surface area (Å²) in [5.74, 6) is 0. The first-order valence-electron chi connectivity index (χ1n) is 7.47. The van der Waals surface area contributed by atoms with Crippen LogP contribution in [0.1, 0.15) is 47.1 Å². The molecule has 22 heavy (non-hydrogen) atoms. The van der Waals surface area contributed by atoms with Crippen molar-refractivity contribution in [3.8, 4) is 5.69 Å². The molecule has 0 N–H and O–H groups in total. The van der Waals surface area contributed by atoms with E-state index in [4.69, 9.17) is 0 Å². The molecule has 0 unspecified atom stereocenters. The second kappa shape index (κ2) is 7.39. The molecule has 1 aromatic heterocycles. The summed E-state index contributed by atoms with van der Waals surface area (Å²) in [6.45, 7) is 14.2. The van der Waals surface area contributed by atoms with Gasteiger partial charge < -0.3 is 0 Å². The maximum atomic E-state index is 4.29. The Kier molecular flexibility index (Phi) is 6.58. The molecule has 0 aliphatic heterocycles. The van der Waals surface area contributed by atoms with Crippen molar-refractivity contribution >= 4 is 7.92 Å². The SMILES string of the molecule is CC(C)(C)P(Cc1[c-]c(-n2cccn2)ccc1)C(C)(C)C.[Pd]. The van der Waals surface area contributed by atoms with Crippen LogP contribution in [-0.4, -0.2) is 20.1 Å². The summed E-state index contributed by atoms with van der Waals surface area (Å²) in [5, 5.41) is 4.97. The fourth-order valence-corrected chi connectivity index (χ4v) is 6.28. The minimum Gasteiger partial charge on any atom is -0.266 e. The van der Waals surface area contributed by atoms with E-state index in [0.717, 1.165) is 11.8 Å². The minimum atomic E-state index is -0.150. The molecule has 2 rings (SSSR count). The molecule has 0 bridgehead atoms. The van der Waals surface area contributed by atoms with Crippen molar-refractivity contribution in [2.24, 2.45) is 0 Å². The number of aromatic nitrogens is 2. The van der Waals surface area contributed by atoms with Crippen molar-refractivity contribution in [1.29, 1.82) is 0 Å². The van der Waals surface area contributed by atoms with Gasteiger partial charge in [0.25, 0.3) is 0 Å². The Bertz CT molecular complexity index is 566. The molecule has 1 aromatic carbocycles. The summed E-state index contributed by atoms with van der Waals surface area (Å²) in [4.78, 5) is 0. The first kappa shape index (κ1) is 19.6. The first-order chi connectivity index (χ1) is 9.68. The van der Waals surface area contributed by atoms with Crippen molar-refractivity contribution in [3.63, 3.8) is 0 Å². The molecule has 124 valence electrons. The fourth-order valence-electron chi connectivity index (χ4n) is 2.79. The van der Waals surface area contributed by atoms with Gasteiger partial charge in [0.2, 0.25) is 0 Å². The van der Waals surface area contributed by atoms with Crippen LogP contribution in [0.2, 0.25) is 0 Å². The van der Waals surface area contributed by atoms with Gasteiger partial charge in [-0.2, -0.15) is 28.9 Å². The molecular weight excluding hydrogens is 382 g/mol. The molecule has 0 aliphatic carbocycles. The van der Waals surface area contributed by atoms with Crippen molar-refractivity contribution in [3.05, 3.63) is 48.3 Å². The van der Waals surface area contributed by atoms with E-state index in [9.17, 15) is 0 Å². The van der Waals surface area contributed by atoms with E-state index in [-0.39, 0.29) is 28.3 Å². The Morgan fingerprint density at radius 2 is 1.68 bits per heavy atom.